The Morgan fingerprint density at radius 2 is 1.97 bits per heavy atom. The van der Waals surface area contributed by atoms with Crippen LogP contribution in [0.2, 0.25) is 0 Å². The van der Waals surface area contributed by atoms with Gasteiger partial charge in [-0.25, -0.2) is 0 Å². The van der Waals surface area contributed by atoms with E-state index in [1.165, 1.54) is 35.9 Å². The van der Waals surface area contributed by atoms with Crippen molar-refractivity contribution < 1.29 is 4.79 Å². The fraction of sp³-hybridized carbons (Fsp3) is 0.409. The van der Waals surface area contributed by atoms with E-state index in [1.54, 1.807) is 11.3 Å². The molecule has 2 aromatic heterocycles. The van der Waals surface area contributed by atoms with Gasteiger partial charge in [-0.05, 0) is 43.3 Å². The summed E-state index contributed by atoms with van der Waals surface area (Å²) in [7, 11) is 0. The summed E-state index contributed by atoms with van der Waals surface area (Å²) in [6.45, 7) is 1.97. The first kappa shape index (κ1) is 20.8. The average Bonchev–Trinajstić information content (AvgIpc) is 3.39. The zero-order valence-electron chi connectivity index (χ0n) is 16.4. The van der Waals surface area contributed by atoms with Crippen LogP contribution in [0, 0.1) is 0 Å². The van der Waals surface area contributed by atoms with Crippen LogP contribution in [0.25, 0.3) is 0 Å². The lowest BCUT2D eigenvalue weighted by atomic mass is 9.95. The number of carbonyl (C=O) groups is 1. The van der Waals surface area contributed by atoms with Crippen LogP contribution < -0.4 is 0 Å². The summed E-state index contributed by atoms with van der Waals surface area (Å²) in [5.74, 6) is 1.14. The molecule has 29 heavy (non-hydrogen) atoms. The third-order valence-corrected chi connectivity index (χ3v) is 7.83. The van der Waals surface area contributed by atoms with Crippen molar-refractivity contribution in [2.45, 2.75) is 61.9 Å². The Hall–Kier alpha value is -1.44. The summed E-state index contributed by atoms with van der Waals surface area (Å²) in [6.07, 6.45) is 6.93. The molecule has 7 heteroatoms. The molecule has 0 saturated heterocycles. The fourth-order valence-electron chi connectivity index (χ4n) is 3.84. The largest absolute Gasteiger partial charge is 0.303 e. The van der Waals surface area contributed by atoms with Crippen LogP contribution in [0.15, 0.2) is 51.4 Å². The van der Waals surface area contributed by atoms with E-state index in [2.05, 4.69) is 48.2 Å². The van der Waals surface area contributed by atoms with Gasteiger partial charge in [0, 0.05) is 27.4 Å². The highest BCUT2D eigenvalue weighted by Gasteiger charge is 2.26. The van der Waals surface area contributed by atoms with Gasteiger partial charge in [-0.1, -0.05) is 65.2 Å². The van der Waals surface area contributed by atoms with Gasteiger partial charge in [0.15, 0.2) is 10.9 Å². The van der Waals surface area contributed by atoms with Crippen LogP contribution in [0.5, 0.6) is 0 Å². The minimum absolute atomic E-state index is 0.125. The van der Waals surface area contributed by atoms with Gasteiger partial charge in [-0.15, -0.1) is 21.5 Å². The molecule has 1 fully saturated rings. The monoisotopic (exact) mass is 489 g/mol. The number of thiophene rings is 1. The lowest BCUT2D eigenvalue weighted by Gasteiger charge is -2.26. The summed E-state index contributed by atoms with van der Waals surface area (Å²) >= 11 is 6.72. The second kappa shape index (κ2) is 9.58. The summed E-state index contributed by atoms with van der Waals surface area (Å²) in [5.41, 5.74) is 0.732. The number of thioether (sulfide) groups is 1. The van der Waals surface area contributed by atoms with Crippen LogP contribution in [-0.4, -0.2) is 25.8 Å². The number of carbonyl (C=O) groups excluding carboxylic acids is 1. The highest BCUT2D eigenvalue weighted by molar-refractivity contribution is 9.10. The Morgan fingerprint density at radius 3 is 2.66 bits per heavy atom. The number of rotatable bonds is 7. The number of hydrogen-bond donors (Lipinski definition) is 0. The molecule has 1 aromatic carbocycles. The van der Waals surface area contributed by atoms with Gasteiger partial charge < -0.3 is 4.57 Å². The van der Waals surface area contributed by atoms with Crippen LogP contribution >= 0.6 is 39.0 Å². The molecule has 1 aliphatic rings. The molecule has 1 aliphatic carbocycles. The molecule has 1 atom stereocenters. The van der Waals surface area contributed by atoms with Crippen molar-refractivity contribution in [3.05, 3.63) is 62.5 Å². The Balaban J connectivity index is 1.57. The van der Waals surface area contributed by atoms with E-state index < -0.39 is 0 Å². The van der Waals surface area contributed by atoms with Crippen LogP contribution in [0.4, 0.5) is 0 Å². The van der Waals surface area contributed by atoms with Crippen LogP contribution in [0.3, 0.4) is 0 Å². The van der Waals surface area contributed by atoms with Crippen molar-refractivity contribution in [2.24, 2.45) is 0 Å². The predicted molar refractivity (Wildman–Crippen MR) is 123 cm³/mol. The van der Waals surface area contributed by atoms with Gasteiger partial charge in [0.1, 0.15) is 5.82 Å². The lowest BCUT2D eigenvalue weighted by Crippen LogP contribution is -2.19. The smallest absolute Gasteiger partial charge is 0.192 e. The molecule has 0 spiro atoms. The molecule has 4 nitrogen and oxygen atoms in total. The van der Waals surface area contributed by atoms with E-state index in [0.29, 0.717) is 6.04 Å². The molecular formula is C22H24BrN3OS2. The van der Waals surface area contributed by atoms with Crippen LogP contribution in [-0.2, 0) is 6.42 Å². The zero-order valence-corrected chi connectivity index (χ0v) is 19.6. The number of hydrogen-bond acceptors (Lipinski definition) is 5. The second-order valence-corrected chi connectivity index (χ2v) is 10.7. The normalized spacial score (nSPS) is 16.1. The summed E-state index contributed by atoms with van der Waals surface area (Å²) in [6, 6.07) is 12.2. The molecule has 3 aromatic rings. The number of benzene rings is 1. The highest BCUT2D eigenvalue weighted by atomic mass is 79.9. The third-order valence-electron chi connectivity index (χ3n) is 5.37. The molecular weight excluding hydrogens is 466 g/mol. The van der Waals surface area contributed by atoms with Gasteiger partial charge in [0.2, 0.25) is 0 Å². The summed E-state index contributed by atoms with van der Waals surface area (Å²) in [5, 5.41) is 11.8. The molecule has 1 saturated carbocycles. The maximum absolute atomic E-state index is 12.9. The van der Waals surface area contributed by atoms with Crippen molar-refractivity contribution >= 4 is 44.8 Å². The van der Waals surface area contributed by atoms with Gasteiger partial charge in [0.25, 0.3) is 0 Å². The number of aromatic nitrogens is 3. The number of halogens is 1. The van der Waals surface area contributed by atoms with Gasteiger partial charge in [-0.3, -0.25) is 4.79 Å². The minimum atomic E-state index is -0.211. The Labute approximate surface area is 188 Å². The Bertz CT molecular complexity index is 947. The topological polar surface area (TPSA) is 47.8 Å². The molecule has 0 amide bonds. The lowest BCUT2D eigenvalue weighted by molar-refractivity contribution is 0.0993. The van der Waals surface area contributed by atoms with E-state index in [0.717, 1.165) is 40.3 Å². The van der Waals surface area contributed by atoms with E-state index in [1.807, 2.05) is 31.2 Å². The van der Waals surface area contributed by atoms with Crippen molar-refractivity contribution in [3.63, 3.8) is 0 Å². The van der Waals surface area contributed by atoms with E-state index in [-0.39, 0.29) is 11.0 Å². The molecule has 152 valence electrons. The van der Waals surface area contributed by atoms with Crippen molar-refractivity contribution in [3.8, 4) is 0 Å². The van der Waals surface area contributed by atoms with Crippen LogP contribution in [0.1, 0.15) is 66.1 Å². The fourth-order valence-corrected chi connectivity index (χ4v) is 5.82. The first-order chi connectivity index (χ1) is 14.1. The zero-order chi connectivity index (χ0) is 20.2. The Kier molecular flexibility index (Phi) is 6.88. The molecule has 0 bridgehead atoms. The molecule has 0 unspecified atom stereocenters. The standard InChI is InChI=1S/C22H24BrN3OS2/c1-15(21(27)16-9-11-17(23)12-10-16)29-22-25-24-20(14-19-8-5-13-28-19)26(22)18-6-3-2-4-7-18/h5,8-13,15,18H,2-4,6-7,14H2,1H3/t15-/m0/s1. The van der Waals surface area contributed by atoms with E-state index >= 15 is 0 Å². The Morgan fingerprint density at radius 1 is 1.21 bits per heavy atom. The third kappa shape index (κ3) is 5.01. The SMILES string of the molecule is C[C@H](Sc1nnc(Cc2cccs2)n1C1CCCCC1)C(=O)c1ccc(Br)cc1. The second-order valence-electron chi connectivity index (χ2n) is 7.45. The summed E-state index contributed by atoms with van der Waals surface area (Å²) in [4.78, 5) is 14.2. The first-order valence-electron chi connectivity index (χ1n) is 10.0. The maximum atomic E-state index is 12.9. The number of nitrogens with zero attached hydrogens (tertiary/aromatic N) is 3. The van der Waals surface area contributed by atoms with Gasteiger partial charge in [0.05, 0.1) is 5.25 Å². The van der Waals surface area contributed by atoms with Crippen molar-refractivity contribution in [2.75, 3.05) is 0 Å². The van der Waals surface area contributed by atoms with Crippen molar-refractivity contribution in [1.29, 1.82) is 0 Å². The molecule has 4 rings (SSSR count). The minimum Gasteiger partial charge on any atom is -0.303 e. The predicted octanol–water partition coefficient (Wildman–Crippen LogP) is 6.56. The maximum Gasteiger partial charge on any atom is 0.192 e. The van der Waals surface area contributed by atoms with E-state index in [4.69, 9.17) is 0 Å². The van der Waals surface area contributed by atoms with Crippen molar-refractivity contribution in [1.82, 2.24) is 14.8 Å². The summed E-state index contributed by atoms with van der Waals surface area (Å²) < 4.78 is 3.30. The highest BCUT2D eigenvalue weighted by Crippen LogP contribution is 2.35. The molecule has 0 radical (unpaired) electrons. The number of Topliss-reactive ketones (excluding diaryl/α,β-unsaturated/α-hetero) is 1. The molecule has 0 N–H and O–H groups in total. The van der Waals surface area contributed by atoms with Gasteiger partial charge in [-0.2, -0.15) is 0 Å². The molecule has 2 heterocycles. The number of ketones is 1. The van der Waals surface area contributed by atoms with E-state index in [9.17, 15) is 4.79 Å². The first-order valence-corrected chi connectivity index (χ1v) is 12.6. The van der Waals surface area contributed by atoms with Gasteiger partial charge >= 0.3 is 0 Å². The molecule has 0 aliphatic heterocycles. The quantitative estimate of drug-likeness (QED) is 0.278. The average molecular weight is 490 g/mol.